The molecule has 4 heterocycles. The number of aromatic nitrogens is 1. The van der Waals surface area contributed by atoms with Gasteiger partial charge in [-0.25, -0.2) is 4.98 Å². The van der Waals surface area contributed by atoms with Crippen LogP contribution in [0, 0.1) is 6.92 Å². The van der Waals surface area contributed by atoms with Crippen LogP contribution in [0.4, 0.5) is 10.8 Å². The number of hydrogen-bond acceptors (Lipinski definition) is 6. The highest BCUT2D eigenvalue weighted by Crippen LogP contribution is 2.54. The molecule has 0 radical (unpaired) electrons. The number of rotatable bonds is 2. The van der Waals surface area contributed by atoms with Gasteiger partial charge in [-0.05, 0) is 49.7 Å². The van der Waals surface area contributed by atoms with Crippen molar-refractivity contribution < 1.29 is 14.0 Å². The zero-order valence-corrected chi connectivity index (χ0v) is 20.3. The van der Waals surface area contributed by atoms with Crippen LogP contribution in [0.5, 0.6) is 0 Å². The lowest BCUT2D eigenvalue weighted by atomic mass is 9.84. The number of aryl methyl sites for hydroxylation is 1. The molecule has 7 nitrogen and oxygen atoms in total. The van der Waals surface area contributed by atoms with Gasteiger partial charge in [-0.1, -0.05) is 47.7 Å². The zero-order chi connectivity index (χ0) is 24.8. The number of likely N-dealkylation sites (N-methyl/N-ethyl adjacent to an activating group) is 1. The maximum absolute atomic E-state index is 14.4. The average Bonchev–Trinajstić information content (AvgIpc) is 3.49. The van der Waals surface area contributed by atoms with Crippen molar-refractivity contribution in [1.82, 2.24) is 4.98 Å². The molecule has 0 N–H and O–H groups in total. The number of carbonyl (C=O) groups is 2. The molecule has 5 aromatic rings. The fraction of sp³-hybridized carbons (Fsp3) is 0.143. The molecule has 0 saturated heterocycles. The van der Waals surface area contributed by atoms with Crippen molar-refractivity contribution >= 4 is 55.2 Å². The van der Waals surface area contributed by atoms with E-state index in [-0.39, 0.29) is 22.7 Å². The SMILES string of the molecule is CCN1C(=O)C2(c3ccccc31)c1c(oc3ccccc3c1=O)C(=O)N2c1nc2ccc(C)cc2s1. The predicted molar refractivity (Wildman–Crippen MR) is 139 cm³/mol. The summed E-state index contributed by atoms with van der Waals surface area (Å²) in [4.78, 5) is 50.3. The molecule has 8 heteroatoms. The topological polar surface area (TPSA) is 83.7 Å². The minimum Gasteiger partial charge on any atom is -0.450 e. The summed E-state index contributed by atoms with van der Waals surface area (Å²) in [5.41, 5.74) is 1.28. The lowest BCUT2D eigenvalue weighted by Crippen LogP contribution is -2.53. The van der Waals surface area contributed by atoms with Gasteiger partial charge in [-0.3, -0.25) is 19.3 Å². The number of hydrogen-bond donors (Lipinski definition) is 0. The van der Waals surface area contributed by atoms with Gasteiger partial charge in [0.15, 0.2) is 16.1 Å². The lowest BCUT2D eigenvalue weighted by Gasteiger charge is -2.32. The van der Waals surface area contributed by atoms with Crippen molar-refractivity contribution in [2.75, 3.05) is 16.3 Å². The number of para-hydroxylation sites is 2. The number of benzene rings is 3. The molecular weight excluding hydrogens is 474 g/mol. The molecule has 7 rings (SSSR count). The van der Waals surface area contributed by atoms with Gasteiger partial charge in [-0.2, -0.15) is 0 Å². The van der Waals surface area contributed by atoms with E-state index in [9.17, 15) is 14.4 Å². The highest BCUT2D eigenvalue weighted by molar-refractivity contribution is 7.22. The Morgan fingerprint density at radius 2 is 1.78 bits per heavy atom. The first-order valence-corrected chi connectivity index (χ1v) is 12.5. The fourth-order valence-electron chi connectivity index (χ4n) is 5.54. The molecule has 176 valence electrons. The molecule has 3 aromatic carbocycles. The van der Waals surface area contributed by atoms with E-state index in [1.807, 2.05) is 56.3 Å². The summed E-state index contributed by atoms with van der Waals surface area (Å²) in [6.07, 6.45) is 0. The van der Waals surface area contributed by atoms with E-state index in [0.717, 1.165) is 15.8 Å². The molecule has 1 spiro atoms. The van der Waals surface area contributed by atoms with Gasteiger partial charge in [0.25, 0.3) is 11.8 Å². The summed E-state index contributed by atoms with van der Waals surface area (Å²) in [5.74, 6) is -1.03. The van der Waals surface area contributed by atoms with Crippen molar-refractivity contribution in [3.8, 4) is 0 Å². The molecule has 36 heavy (non-hydrogen) atoms. The number of nitrogens with zero attached hydrogens (tertiary/aromatic N) is 3. The van der Waals surface area contributed by atoms with Gasteiger partial charge in [0.05, 0.1) is 26.9 Å². The standard InChI is InChI=1S/C28H19N3O4S/c1-3-30-19-10-6-5-9-17(19)28(26(30)34)22-23(32)16-8-4-7-11-20(16)35-24(22)25(33)31(28)27-29-18-13-12-15(2)14-21(18)36-27/h4-14H,3H2,1-2H3. The maximum Gasteiger partial charge on any atom is 0.297 e. The third kappa shape index (κ3) is 2.41. The van der Waals surface area contributed by atoms with Gasteiger partial charge in [0.1, 0.15) is 5.58 Å². The van der Waals surface area contributed by atoms with Crippen molar-refractivity contribution in [3.63, 3.8) is 0 Å². The van der Waals surface area contributed by atoms with Crippen LogP contribution in [0.2, 0.25) is 0 Å². The van der Waals surface area contributed by atoms with Crippen LogP contribution in [0.15, 0.2) is 75.9 Å². The number of amides is 2. The summed E-state index contributed by atoms with van der Waals surface area (Å²) < 4.78 is 6.96. The van der Waals surface area contributed by atoms with Gasteiger partial charge in [-0.15, -0.1) is 0 Å². The fourth-order valence-corrected chi connectivity index (χ4v) is 6.65. The first-order valence-electron chi connectivity index (χ1n) is 11.7. The highest BCUT2D eigenvalue weighted by Gasteiger charge is 2.66. The summed E-state index contributed by atoms with van der Waals surface area (Å²) in [5, 5.41) is 0.669. The molecule has 0 saturated carbocycles. The minimum absolute atomic E-state index is 0.0510. The molecule has 0 fully saturated rings. The monoisotopic (exact) mass is 493 g/mol. The molecule has 1 unspecified atom stereocenters. The van der Waals surface area contributed by atoms with E-state index in [2.05, 4.69) is 0 Å². The third-order valence-electron chi connectivity index (χ3n) is 7.07. The van der Waals surface area contributed by atoms with E-state index in [4.69, 9.17) is 9.40 Å². The van der Waals surface area contributed by atoms with Crippen LogP contribution in [0.25, 0.3) is 21.2 Å². The summed E-state index contributed by atoms with van der Waals surface area (Å²) in [6, 6.07) is 20.0. The molecule has 0 bridgehead atoms. The number of carbonyl (C=O) groups excluding carboxylic acids is 2. The first-order chi connectivity index (χ1) is 17.5. The largest absolute Gasteiger partial charge is 0.450 e. The zero-order valence-electron chi connectivity index (χ0n) is 19.4. The Morgan fingerprint density at radius 3 is 2.61 bits per heavy atom. The van der Waals surface area contributed by atoms with Crippen LogP contribution in [0.1, 0.15) is 34.2 Å². The molecule has 0 aliphatic carbocycles. The van der Waals surface area contributed by atoms with Crippen LogP contribution in [-0.4, -0.2) is 23.3 Å². The number of fused-ring (bicyclic) bond motifs is 6. The smallest absolute Gasteiger partial charge is 0.297 e. The second kappa shape index (κ2) is 7.11. The summed E-state index contributed by atoms with van der Waals surface area (Å²) in [7, 11) is 0. The van der Waals surface area contributed by atoms with Crippen LogP contribution in [0.3, 0.4) is 0 Å². The quantitative estimate of drug-likeness (QED) is 0.346. The molecule has 2 aromatic heterocycles. The van der Waals surface area contributed by atoms with Crippen molar-refractivity contribution in [3.05, 3.63) is 99.4 Å². The molecular formula is C28H19N3O4S. The van der Waals surface area contributed by atoms with Gasteiger partial charge in [0, 0.05) is 12.1 Å². The normalized spacial score (nSPS) is 18.6. The van der Waals surface area contributed by atoms with Gasteiger partial charge < -0.3 is 9.32 Å². The van der Waals surface area contributed by atoms with Crippen LogP contribution in [-0.2, 0) is 10.3 Å². The molecule has 2 aliphatic rings. The maximum atomic E-state index is 14.4. The van der Waals surface area contributed by atoms with Crippen molar-refractivity contribution in [2.24, 2.45) is 0 Å². The first kappa shape index (κ1) is 21.0. The molecule has 2 aliphatic heterocycles. The Balaban J connectivity index is 1.64. The van der Waals surface area contributed by atoms with Crippen molar-refractivity contribution in [2.45, 2.75) is 19.4 Å². The Morgan fingerprint density at radius 1 is 1.00 bits per heavy atom. The Labute approximate surface area is 209 Å². The van der Waals surface area contributed by atoms with Crippen LogP contribution < -0.4 is 15.2 Å². The minimum atomic E-state index is -1.70. The predicted octanol–water partition coefficient (Wildman–Crippen LogP) is 4.98. The van der Waals surface area contributed by atoms with E-state index in [0.29, 0.717) is 33.9 Å². The van der Waals surface area contributed by atoms with E-state index in [1.165, 1.54) is 16.2 Å². The molecule has 2 amide bonds. The highest BCUT2D eigenvalue weighted by atomic mass is 32.1. The lowest BCUT2D eigenvalue weighted by molar-refractivity contribution is -0.121. The van der Waals surface area contributed by atoms with E-state index < -0.39 is 11.4 Å². The summed E-state index contributed by atoms with van der Waals surface area (Å²) in [6.45, 7) is 4.24. The third-order valence-corrected chi connectivity index (χ3v) is 8.08. The second-order valence-electron chi connectivity index (χ2n) is 9.02. The number of thiazole rings is 1. The van der Waals surface area contributed by atoms with E-state index >= 15 is 0 Å². The van der Waals surface area contributed by atoms with Gasteiger partial charge >= 0.3 is 0 Å². The Bertz CT molecular complexity index is 1840. The number of anilines is 2. The molecule has 1 atom stereocenters. The van der Waals surface area contributed by atoms with Crippen LogP contribution >= 0.6 is 11.3 Å². The Kier molecular flexibility index (Phi) is 4.15. The second-order valence-corrected chi connectivity index (χ2v) is 10.0. The Hall–Kier alpha value is -4.30. The van der Waals surface area contributed by atoms with Crippen molar-refractivity contribution in [1.29, 1.82) is 0 Å². The average molecular weight is 494 g/mol. The van der Waals surface area contributed by atoms with Gasteiger partial charge in [0.2, 0.25) is 5.76 Å². The summed E-state index contributed by atoms with van der Waals surface area (Å²) >= 11 is 1.32. The van der Waals surface area contributed by atoms with E-state index in [1.54, 1.807) is 29.2 Å².